The third kappa shape index (κ3) is 55.6. The molecule has 0 unspecified atom stereocenters. The molecule has 0 atom stereocenters. The van der Waals surface area contributed by atoms with E-state index in [1.807, 2.05) is 72.8 Å². The van der Waals surface area contributed by atoms with E-state index in [1.165, 1.54) is 23.6 Å². The predicted molar refractivity (Wildman–Crippen MR) is 480 cm³/mol. The average molecular weight is 2010 g/mol. The summed E-state index contributed by atoms with van der Waals surface area (Å²) in [5.74, 6) is -1.09. The van der Waals surface area contributed by atoms with Crippen LogP contribution in [0, 0.1) is 13.0 Å². The van der Waals surface area contributed by atoms with Crippen LogP contribution in [0.3, 0.4) is 0 Å². The number of aldehydes is 1. The molecule has 608 valence electrons. The molecule has 6 aromatic carbocycles. The summed E-state index contributed by atoms with van der Waals surface area (Å²) in [7, 11) is -6.48. The maximum atomic E-state index is 11.8. The van der Waals surface area contributed by atoms with Crippen molar-refractivity contribution < 1.29 is 98.7 Å². The quantitative estimate of drug-likeness (QED) is 0.00688. The van der Waals surface area contributed by atoms with Gasteiger partial charge in [0, 0.05) is 85.4 Å². The number of aliphatic hydroxyl groups is 1. The summed E-state index contributed by atoms with van der Waals surface area (Å²) in [6.07, 6.45) is 12.5. The molecule has 0 heterocycles. The number of hydrogen-bond acceptors (Lipinski definition) is 13. The van der Waals surface area contributed by atoms with Crippen LogP contribution in [-0.2, 0) is 76.7 Å². The molecule has 0 aromatic heterocycles. The van der Waals surface area contributed by atoms with Crippen molar-refractivity contribution in [2.75, 3.05) is 59.0 Å². The second-order valence-electron chi connectivity index (χ2n) is 26.1. The maximum absolute atomic E-state index is 11.8. The minimum absolute atomic E-state index is 0. The Hall–Kier alpha value is -1.06. The first kappa shape index (κ1) is 117. The molecule has 6 rings (SSSR count). The van der Waals surface area contributed by atoms with Crippen molar-refractivity contribution >= 4 is 204 Å². The fraction of sp³-hybridized carbons (Fsp3) is 0.469. The Morgan fingerprint density at radius 3 is 1.25 bits per heavy atom. The molecule has 0 fully saturated rings. The first-order chi connectivity index (χ1) is 50.1. The molecule has 0 amide bonds. The van der Waals surface area contributed by atoms with Gasteiger partial charge in [-0.25, -0.2) is 4.79 Å². The van der Waals surface area contributed by atoms with Crippen LogP contribution in [0.25, 0.3) is 6.08 Å². The third-order valence-corrected chi connectivity index (χ3v) is 31.6. The SMILES string of the molecule is C.CC(C)(C)[Si](C)(C)OCCCc1[c-]ccc(Cl)c1.CC(C)(C)[Si](C)(C)OCCCc1cc(Cl)ccc1Br.CCOC(=O)C=Cc1cc(Cl)ccc1Br.CCOC(=O)CCc1cc(Cl)ccc1Br.CCOC(=O)CP(=O)(OCC)OCC.O=Cc1cc(Cl)ccc1Br.OCCCc1cc(Cl)ccc1Br.[CH2-]CCC.[Li+].[Li+]. The summed E-state index contributed by atoms with van der Waals surface area (Å²) in [5.41, 5.74) is 6.02. The average Bonchev–Trinajstić information content (AvgIpc) is 0.846. The van der Waals surface area contributed by atoms with Gasteiger partial charge in [0.15, 0.2) is 22.9 Å². The van der Waals surface area contributed by atoms with Crippen LogP contribution >= 0.6 is 157 Å². The zero-order valence-corrected chi connectivity index (χ0v) is 82.1. The summed E-state index contributed by atoms with van der Waals surface area (Å²) in [5, 5.41) is 13.4. The van der Waals surface area contributed by atoms with Gasteiger partial charge in [-0.1, -0.05) is 205 Å². The van der Waals surface area contributed by atoms with E-state index in [-0.39, 0.29) is 99.8 Å². The predicted octanol–water partition coefficient (Wildman–Crippen LogP) is 22.5. The number of hydrogen-bond donors (Lipinski definition) is 1. The number of unbranched alkanes of at least 4 members (excludes halogenated alkanes) is 1. The standard InChI is InChI=1S/C15H24BrClOSi.C15H24ClOSi.C11H12BrClO2.C11H10BrClO2.C9H10BrClO.C8H17O5P.C7H4BrClO.C4H9.CH4.2Li/c1-15(2,3)19(4,5)18-10-6-7-12-11-13(17)8-9-14(12)16;1-15(2,3)18(4,5)17-11-7-9-13-8-6-10-14(16)12-13;2*1-2-15-11(14)6-3-8-7-9(13)4-5-10(8)12;10-9-4-3-8(11)6-7(9)2-1-5-12;1-4-11-8(9)7-14(10,12-5-2)13-6-3;8-7-2-1-6(9)3-5(7)4-10;1-3-4-2;;;/h8-9,11H,6-7,10H2,1-5H3;6,10,12H,7,9,11H2,1-5H3;4-5,7H,2-3,6H2,1H3;3-7H,2H2,1H3;3-4,6,12H,1-2,5H2;4-7H2,1-3H3;1-4H;1,3-4H2,2H3;1H4;;/q;-1;;;;;;-1;;2*+1. The molecule has 6 aromatic rings. The number of halogens is 11. The molecule has 0 radical (unpaired) electrons. The molecule has 0 saturated carbocycles. The topological polar surface area (TPSA) is 170 Å². The molecule has 0 saturated heterocycles. The van der Waals surface area contributed by atoms with Crippen molar-refractivity contribution in [3.63, 3.8) is 0 Å². The number of esters is 3. The smallest absolute Gasteiger partial charge is 0.466 e. The summed E-state index contributed by atoms with van der Waals surface area (Å²) in [6, 6.07) is 36.5. The van der Waals surface area contributed by atoms with E-state index in [0.29, 0.717) is 46.7 Å². The Labute approximate surface area is 758 Å². The minimum Gasteiger partial charge on any atom is -0.466 e. The van der Waals surface area contributed by atoms with Crippen molar-refractivity contribution in [3.05, 3.63) is 214 Å². The first-order valence-corrected chi connectivity index (χ1v) is 48.9. The van der Waals surface area contributed by atoms with E-state index in [1.54, 1.807) is 77.1 Å². The second-order valence-corrected chi connectivity index (χ2v) is 44.7. The minimum atomic E-state index is -3.28. The van der Waals surface area contributed by atoms with Crippen LogP contribution < -0.4 is 37.7 Å². The van der Waals surface area contributed by atoms with Crippen LogP contribution in [0.2, 0.25) is 66.4 Å². The number of carbonyl (C=O) groups is 4. The number of aliphatic hydroxyl groups excluding tert-OH is 1. The van der Waals surface area contributed by atoms with Crippen molar-refractivity contribution in [2.24, 2.45) is 0 Å². The summed E-state index contributed by atoms with van der Waals surface area (Å²) in [4.78, 5) is 43.5. The van der Waals surface area contributed by atoms with Gasteiger partial charge in [-0.3, -0.25) is 18.9 Å². The molecule has 0 aliphatic rings. The van der Waals surface area contributed by atoms with Crippen molar-refractivity contribution in [2.45, 2.75) is 191 Å². The van der Waals surface area contributed by atoms with E-state index in [9.17, 15) is 23.7 Å². The normalized spacial score (nSPS) is 10.8. The van der Waals surface area contributed by atoms with Crippen molar-refractivity contribution in [1.82, 2.24) is 0 Å². The maximum Gasteiger partial charge on any atom is 1.00 e. The fourth-order valence-electron chi connectivity index (χ4n) is 7.67. The molecule has 0 spiro atoms. The van der Waals surface area contributed by atoms with Crippen LogP contribution in [0.5, 0.6) is 0 Å². The summed E-state index contributed by atoms with van der Waals surface area (Å²) < 4.78 is 53.0. The Bertz CT molecular complexity index is 3620. The first-order valence-electron chi connectivity index (χ1n) is 35.1. The van der Waals surface area contributed by atoms with Crippen LogP contribution in [-0.4, -0.2) is 105 Å². The molecule has 1 N–H and O–H groups in total. The van der Waals surface area contributed by atoms with E-state index in [2.05, 4.69) is 172 Å². The Morgan fingerprint density at radius 2 is 0.882 bits per heavy atom. The number of rotatable bonds is 29. The van der Waals surface area contributed by atoms with E-state index in [4.69, 9.17) is 102 Å². The molecule has 0 aliphatic heterocycles. The number of benzene rings is 6. The van der Waals surface area contributed by atoms with Crippen molar-refractivity contribution in [3.8, 4) is 0 Å². The van der Waals surface area contributed by atoms with Crippen LogP contribution in [0.15, 0.2) is 138 Å². The second kappa shape index (κ2) is 65.8. The molecule has 0 bridgehead atoms. The summed E-state index contributed by atoms with van der Waals surface area (Å²) in [6.45, 7) is 40.6. The Morgan fingerprint density at radius 1 is 0.518 bits per heavy atom. The monoisotopic (exact) mass is 2000 g/mol. The van der Waals surface area contributed by atoms with Crippen LogP contribution in [0.4, 0.5) is 0 Å². The van der Waals surface area contributed by atoms with Gasteiger partial charge in [0.1, 0.15) is 6.16 Å². The molecule has 13 nitrogen and oxygen atoms in total. The Kier molecular flexibility index (Phi) is 70.3. The van der Waals surface area contributed by atoms with Gasteiger partial charge in [-0.05, 0) is 235 Å². The number of aryl methyl sites for hydroxylation is 4. The van der Waals surface area contributed by atoms with E-state index >= 15 is 0 Å². The van der Waals surface area contributed by atoms with Gasteiger partial charge in [-0.2, -0.15) is 30.2 Å². The van der Waals surface area contributed by atoms with Gasteiger partial charge < -0.3 is 44.1 Å². The number of carbonyl (C=O) groups excluding carboxylic acids is 4. The van der Waals surface area contributed by atoms with Gasteiger partial charge in [-0.15, -0.1) is 17.7 Å². The fourth-order valence-corrected chi connectivity index (χ4v) is 14.5. The van der Waals surface area contributed by atoms with Crippen LogP contribution in [0.1, 0.15) is 167 Å². The van der Waals surface area contributed by atoms with E-state index in [0.717, 1.165) is 119 Å². The van der Waals surface area contributed by atoms with Gasteiger partial charge in [0.2, 0.25) is 0 Å². The van der Waals surface area contributed by atoms with Gasteiger partial charge in [0.05, 0.1) is 33.0 Å². The molecule has 0 aliphatic carbocycles. The van der Waals surface area contributed by atoms with E-state index < -0.39 is 30.2 Å². The summed E-state index contributed by atoms with van der Waals surface area (Å²) >= 11 is 52.0. The van der Waals surface area contributed by atoms with Gasteiger partial charge in [0.25, 0.3) is 0 Å². The molecular formula is C81H114Br5Cl6Li2O13PSi2. The largest absolute Gasteiger partial charge is 1.00 e. The molecular weight excluding hydrogens is 1890 g/mol. The molecule has 110 heavy (non-hydrogen) atoms. The zero-order valence-electron chi connectivity index (χ0n) is 66.7. The molecule has 29 heteroatoms. The van der Waals surface area contributed by atoms with Gasteiger partial charge >= 0.3 is 63.2 Å². The Balaban J connectivity index is -0.000000387. The number of ether oxygens (including phenoxy) is 3. The van der Waals surface area contributed by atoms with Crippen molar-refractivity contribution in [1.29, 1.82) is 0 Å². The third-order valence-electron chi connectivity index (χ3n) is 15.4. The zero-order chi connectivity index (χ0) is 82.0.